The lowest BCUT2D eigenvalue weighted by Crippen LogP contribution is -2.61. The van der Waals surface area contributed by atoms with E-state index in [4.69, 9.17) is 9.47 Å². The highest BCUT2D eigenvalue weighted by Crippen LogP contribution is 2.74. The average molecular weight is 374 g/mol. The Bertz CT molecular complexity index is 784. The molecule has 1 heterocycles. The zero-order valence-corrected chi connectivity index (χ0v) is 17.0. The number of aliphatic hydroxyl groups excluding tert-OH is 1. The molecule has 4 fully saturated rings. The van der Waals surface area contributed by atoms with Crippen molar-refractivity contribution in [2.24, 2.45) is 46.3 Å². The fourth-order valence-electron chi connectivity index (χ4n) is 7.72. The van der Waals surface area contributed by atoms with E-state index in [1.807, 2.05) is 20.8 Å². The van der Waals surface area contributed by atoms with Crippen LogP contribution >= 0.6 is 0 Å². The number of hydrogen-bond acceptors (Lipinski definition) is 5. The second kappa shape index (κ2) is 4.79. The number of rotatable bonds is 0. The fourth-order valence-corrected chi connectivity index (χ4v) is 7.72. The summed E-state index contributed by atoms with van der Waals surface area (Å²) >= 11 is 0. The maximum Gasteiger partial charge on any atom is 0.509 e. The van der Waals surface area contributed by atoms with Crippen molar-refractivity contribution in [2.75, 3.05) is 0 Å². The molecule has 5 aliphatic rings. The van der Waals surface area contributed by atoms with Gasteiger partial charge >= 0.3 is 6.16 Å². The average Bonchev–Trinajstić information content (AvgIpc) is 2.88. The van der Waals surface area contributed by atoms with Gasteiger partial charge < -0.3 is 14.6 Å². The quantitative estimate of drug-likeness (QED) is 0.520. The minimum absolute atomic E-state index is 0.0266. The van der Waals surface area contributed by atoms with Crippen LogP contribution < -0.4 is 0 Å². The molecule has 5 nitrogen and oxygen atoms in total. The van der Waals surface area contributed by atoms with Crippen molar-refractivity contribution in [3.8, 4) is 0 Å². The maximum atomic E-state index is 14.2. The fraction of sp³-hybridized carbons (Fsp3) is 0.818. The van der Waals surface area contributed by atoms with Gasteiger partial charge in [-0.25, -0.2) is 4.79 Å². The van der Waals surface area contributed by atoms with Gasteiger partial charge in [0.25, 0.3) is 0 Å². The van der Waals surface area contributed by atoms with E-state index in [0.29, 0.717) is 5.92 Å². The molecule has 0 amide bonds. The summed E-state index contributed by atoms with van der Waals surface area (Å²) in [5, 5.41) is 11.3. The van der Waals surface area contributed by atoms with E-state index in [1.165, 1.54) is 0 Å². The molecule has 5 rings (SSSR count). The molecule has 10 atom stereocenters. The van der Waals surface area contributed by atoms with E-state index < -0.39 is 35.3 Å². The standard InChI is InChI=1S/C22H30O5/c1-9-8-21-10(2)7-13-15(20(13,5)6)14(17(21)24)16(23)11(3)18-22(21,12(9)4)27-19(25)26-18/h8,10-16,18,23H,7H2,1-6H3/t10-,11+,12+,13-,14-,15+,16-,18-,21+,22-/m1/s1. The van der Waals surface area contributed by atoms with Gasteiger partial charge in [0, 0.05) is 17.8 Å². The number of aliphatic hydroxyl groups is 1. The number of fused-ring (bicyclic) bond motifs is 3. The number of hydrogen-bond donors (Lipinski definition) is 1. The van der Waals surface area contributed by atoms with Crippen molar-refractivity contribution >= 4 is 11.9 Å². The van der Waals surface area contributed by atoms with Gasteiger partial charge in [0.05, 0.1) is 11.5 Å². The van der Waals surface area contributed by atoms with Gasteiger partial charge in [-0.15, -0.1) is 0 Å². The zero-order valence-electron chi connectivity index (χ0n) is 17.0. The summed E-state index contributed by atoms with van der Waals surface area (Å²) in [6.45, 7) is 12.5. The topological polar surface area (TPSA) is 72.8 Å². The molecule has 2 bridgehead atoms. The minimum Gasteiger partial charge on any atom is -0.426 e. The largest absolute Gasteiger partial charge is 0.509 e. The molecule has 5 heteroatoms. The third-order valence-corrected chi connectivity index (χ3v) is 9.33. The number of carbonyl (C=O) groups is 2. The highest BCUT2D eigenvalue weighted by molar-refractivity contribution is 5.95. The van der Waals surface area contributed by atoms with E-state index in [0.717, 1.165) is 12.0 Å². The molecular formula is C22H30O5. The van der Waals surface area contributed by atoms with Crippen LogP contribution in [0.25, 0.3) is 0 Å². The zero-order chi connectivity index (χ0) is 19.7. The number of carbonyl (C=O) groups excluding carboxylic acids is 2. The van der Waals surface area contributed by atoms with Gasteiger partial charge in [-0.1, -0.05) is 46.3 Å². The first-order valence-corrected chi connectivity index (χ1v) is 10.3. The Kier molecular flexibility index (Phi) is 3.14. The summed E-state index contributed by atoms with van der Waals surface area (Å²) in [4.78, 5) is 26.6. The summed E-state index contributed by atoms with van der Waals surface area (Å²) in [5.41, 5.74) is -0.812. The molecule has 0 aromatic carbocycles. The van der Waals surface area contributed by atoms with E-state index in [-0.39, 0.29) is 34.9 Å². The molecule has 0 radical (unpaired) electrons. The third kappa shape index (κ3) is 1.64. The molecule has 1 aliphatic heterocycles. The van der Waals surface area contributed by atoms with Crippen LogP contribution in [0, 0.1) is 46.3 Å². The molecule has 0 aromatic rings. The Morgan fingerprint density at radius 1 is 1.19 bits per heavy atom. The van der Waals surface area contributed by atoms with Gasteiger partial charge in [0.2, 0.25) is 0 Å². The first-order valence-electron chi connectivity index (χ1n) is 10.3. The smallest absolute Gasteiger partial charge is 0.426 e. The van der Waals surface area contributed by atoms with E-state index in [2.05, 4.69) is 26.8 Å². The molecule has 1 N–H and O–H groups in total. The third-order valence-electron chi connectivity index (χ3n) is 9.33. The number of ether oxygens (including phenoxy) is 2. The monoisotopic (exact) mass is 374 g/mol. The maximum absolute atomic E-state index is 14.2. The second-order valence-corrected chi connectivity index (χ2v) is 10.5. The van der Waals surface area contributed by atoms with Crippen molar-refractivity contribution in [2.45, 2.75) is 65.8 Å². The lowest BCUT2D eigenvalue weighted by atomic mass is 9.58. The van der Waals surface area contributed by atoms with E-state index in [1.54, 1.807) is 0 Å². The van der Waals surface area contributed by atoms with Crippen molar-refractivity contribution in [3.63, 3.8) is 0 Å². The predicted octanol–water partition coefficient (Wildman–Crippen LogP) is 3.35. The lowest BCUT2D eigenvalue weighted by molar-refractivity contribution is -0.154. The van der Waals surface area contributed by atoms with Crippen molar-refractivity contribution in [1.82, 2.24) is 0 Å². The van der Waals surface area contributed by atoms with Gasteiger partial charge in [-0.2, -0.15) is 0 Å². The van der Waals surface area contributed by atoms with Crippen LogP contribution in [0.1, 0.15) is 48.0 Å². The van der Waals surface area contributed by atoms with Crippen molar-refractivity contribution in [3.05, 3.63) is 11.6 Å². The summed E-state index contributed by atoms with van der Waals surface area (Å²) in [7, 11) is 0. The van der Waals surface area contributed by atoms with Crippen LogP contribution in [0.4, 0.5) is 4.79 Å². The Labute approximate surface area is 160 Å². The Morgan fingerprint density at radius 2 is 1.85 bits per heavy atom. The normalized spacial score (nSPS) is 57.4. The van der Waals surface area contributed by atoms with Gasteiger partial charge in [-0.3, -0.25) is 4.79 Å². The Balaban J connectivity index is 1.80. The molecule has 2 spiro atoms. The highest BCUT2D eigenvalue weighted by Gasteiger charge is 2.81. The highest BCUT2D eigenvalue weighted by atomic mass is 16.8. The van der Waals surface area contributed by atoms with Crippen LogP contribution in [0.15, 0.2) is 11.6 Å². The molecule has 3 saturated carbocycles. The van der Waals surface area contributed by atoms with Crippen LogP contribution in [-0.4, -0.2) is 34.9 Å². The first-order chi connectivity index (χ1) is 12.5. The van der Waals surface area contributed by atoms with Crippen molar-refractivity contribution < 1.29 is 24.2 Å². The molecular weight excluding hydrogens is 344 g/mol. The van der Waals surface area contributed by atoms with Crippen LogP contribution in [0.3, 0.4) is 0 Å². The summed E-state index contributed by atoms with van der Waals surface area (Å²) in [5.74, 6) is -0.202. The molecule has 148 valence electrons. The molecule has 1 saturated heterocycles. The molecule has 0 unspecified atom stereocenters. The Hall–Kier alpha value is -1.36. The van der Waals surface area contributed by atoms with Gasteiger partial charge in [0.15, 0.2) is 17.5 Å². The van der Waals surface area contributed by atoms with Crippen molar-refractivity contribution in [1.29, 1.82) is 0 Å². The number of Topliss-reactive ketones (excluding diaryl/α,β-unsaturated/α-hetero) is 1. The predicted molar refractivity (Wildman–Crippen MR) is 97.6 cm³/mol. The molecule has 4 aliphatic carbocycles. The first kappa shape index (κ1) is 17.7. The molecule has 0 aromatic heterocycles. The summed E-state index contributed by atoms with van der Waals surface area (Å²) in [6.07, 6.45) is 0.843. The second-order valence-electron chi connectivity index (χ2n) is 10.5. The van der Waals surface area contributed by atoms with Crippen LogP contribution in [-0.2, 0) is 14.3 Å². The van der Waals surface area contributed by atoms with Crippen LogP contribution in [0.2, 0.25) is 0 Å². The summed E-state index contributed by atoms with van der Waals surface area (Å²) < 4.78 is 11.7. The van der Waals surface area contributed by atoms with E-state index in [9.17, 15) is 14.7 Å². The number of ketones is 1. The van der Waals surface area contributed by atoms with Gasteiger partial charge in [0.1, 0.15) is 0 Å². The van der Waals surface area contributed by atoms with Gasteiger partial charge in [-0.05, 0) is 36.5 Å². The SMILES string of the molecule is CC1=C[C@]23C(=O)[C@@H]([C@H](O)[C@H](C)[C@H]4OC(=O)O[C@]42[C@H]1C)[C@@H]1[C@@H](C[C@H]3C)C1(C)C. The Morgan fingerprint density at radius 3 is 2.52 bits per heavy atom. The molecule has 27 heavy (non-hydrogen) atoms. The lowest BCUT2D eigenvalue weighted by Gasteiger charge is -2.47. The van der Waals surface area contributed by atoms with E-state index >= 15 is 0 Å². The minimum atomic E-state index is -1.04. The van der Waals surface area contributed by atoms with Crippen LogP contribution in [0.5, 0.6) is 0 Å². The summed E-state index contributed by atoms with van der Waals surface area (Å²) in [6, 6.07) is 0.